The summed E-state index contributed by atoms with van der Waals surface area (Å²) in [5, 5.41) is 3.10. The predicted octanol–water partition coefficient (Wildman–Crippen LogP) is 5.26. The second kappa shape index (κ2) is 23.3. The quantitative estimate of drug-likeness (QED) is 0.0944. The SMILES string of the molecule is C=CC(=O)OCC(CNCCOC(=O)CCCCCCCC)OC(=O)CCCCCCCC. The zero-order valence-corrected chi connectivity index (χ0v) is 21.0. The normalized spacial score (nSPS) is 11.6. The summed E-state index contributed by atoms with van der Waals surface area (Å²) in [7, 11) is 0. The molecule has 0 saturated heterocycles. The van der Waals surface area contributed by atoms with Gasteiger partial charge in [-0.15, -0.1) is 0 Å². The van der Waals surface area contributed by atoms with E-state index in [1.807, 2.05) is 0 Å². The van der Waals surface area contributed by atoms with Crippen molar-refractivity contribution in [1.29, 1.82) is 0 Å². The predicted molar refractivity (Wildman–Crippen MR) is 131 cm³/mol. The molecule has 0 aliphatic carbocycles. The molecule has 0 aromatic heterocycles. The molecule has 0 fully saturated rings. The smallest absolute Gasteiger partial charge is 0.330 e. The van der Waals surface area contributed by atoms with Gasteiger partial charge < -0.3 is 19.5 Å². The number of ether oxygens (including phenoxy) is 3. The van der Waals surface area contributed by atoms with E-state index in [9.17, 15) is 14.4 Å². The van der Waals surface area contributed by atoms with Crippen LogP contribution in [0.4, 0.5) is 0 Å². The van der Waals surface area contributed by atoms with Gasteiger partial charge in [-0.05, 0) is 12.8 Å². The first-order valence-electron chi connectivity index (χ1n) is 12.9. The molecule has 0 bridgehead atoms. The van der Waals surface area contributed by atoms with Crippen molar-refractivity contribution < 1.29 is 28.6 Å². The number of hydrogen-bond acceptors (Lipinski definition) is 7. The van der Waals surface area contributed by atoms with Gasteiger partial charge in [0, 0.05) is 32.0 Å². The van der Waals surface area contributed by atoms with Crippen LogP contribution in [0.25, 0.3) is 0 Å². The lowest BCUT2D eigenvalue weighted by molar-refractivity contribution is -0.156. The van der Waals surface area contributed by atoms with Gasteiger partial charge in [-0.3, -0.25) is 9.59 Å². The van der Waals surface area contributed by atoms with E-state index < -0.39 is 12.1 Å². The van der Waals surface area contributed by atoms with Gasteiger partial charge in [0.15, 0.2) is 0 Å². The maximum Gasteiger partial charge on any atom is 0.330 e. The van der Waals surface area contributed by atoms with E-state index in [0.717, 1.165) is 44.6 Å². The van der Waals surface area contributed by atoms with Crippen LogP contribution in [-0.2, 0) is 28.6 Å². The maximum absolute atomic E-state index is 12.1. The lowest BCUT2D eigenvalue weighted by Crippen LogP contribution is -2.36. The summed E-state index contributed by atoms with van der Waals surface area (Å²) in [6.45, 7) is 8.67. The second-order valence-electron chi connectivity index (χ2n) is 8.41. The van der Waals surface area contributed by atoms with Crippen LogP contribution in [0.2, 0.25) is 0 Å². The van der Waals surface area contributed by atoms with Gasteiger partial charge in [0.2, 0.25) is 0 Å². The van der Waals surface area contributed by atoms with Crippen molar-refractivity contribution in [2.24, 2.45) is 0 Å². The zero-order chi connectivity index (χ0) is 24.6. The molecule has 0 aliphatic rings. The Balaban J connectivity index is 4.05. The Kier molecular flexibility index (Phi) is 21.9. The average molecular weight is 470 g/mol. The third-order valence-electron chi connectivity index (χ3n) is 5.26. The fraction of sp³-hybridized carbons (Fsp3) is 0.808. The molecule has 7 heteroatoms. The van der Waals surface area contributed by atoms with Crippen molar-refractivity contribution in [3.63, 3.8) is 0 Å². The van der Waals surface area contributed by atoms with Crippen LogP contribution in [0, 0.1) is 0 Å². The van der Waals surface area contributed by atoms with E-state index in [1.165, 1.54) is 38.5 Å². The molecule has 0 radical (unpaired) electrons. The molecule has 0 amide bonds. The lowest BCUT2D eigenvalue weighted by atomic mass is 10.1. The number of carbonyl (C=O) groups excluding carboxylic acids is 3. The first-order valence-corrected chi connectivity index (χ1v) is 12.9. The zero-order valence-electron chi connectivity index (χ0n) is 21.0. The molecule has 0 saturated carbocycles. The van der Waals surface area contributed by atoms with Gasteiger partial charge in [0.25, 0.3) is 0 Å². The summed E-state index contributed by atoms with van der Waals surface area (Å²) in [5.41, 5.74) is 0. The lowest BCUT2D eigenvalue weighted by Gasteiger charge is -2.18. The Labute approximate surface area is 201 Å². The van der Waals surface area contributed by atoms with E-state index in [4.69, 9.17) is 14.2 Å². The summed E-state index contributed by atoms with van der Waals surface area (Å²) in [4.78, 5) is 35.3. The molecule has 7 nitrogen and oxygen atoms in total. The van der Waals surface area contributed by atoms with Gasteiger partial charge in [0.05, 0.1) is 0 Å². The van der Waals surface area contributed by atoms with Crippen molar-refractivity contribution in [1.82, 2.24) is 5.32 Å². The topological polar surface area (TPSA) is 90.9 Å². The summed E-state index contributed by atoms with van der Waals surface area (Å²) in [6.07, 6.45) is 14.6. The largest absolute Gasteiger partial charge is 0.464 e. The van der Waals surface area contributed by atoms with Crippen LogP contribution in [0.5, 0.6) is 0 Å². The summed E-state index contributed by atoms with van der Waals surface area (Å²) in [6, 6.07) is 0. The Bertz CT molecular complexity index is 523. The maximum atomic E-state index is 12.1. The third kappa shape index (κ3) is 21.7. The molecule has 1 atom stereocenters. The molecular weight excluding hydrogens is 422 g/mol. The number of rotatable bonds is 23. The molecule has 0 aliphatic heterocycles. The highest BCUT2D eigenvalue weighted by molar-refractivity contribution is 5.81. The van der Waals surface area contributed by atoms with Crippen LogP contribution in [0.15, 0.2) is 12.7 Å². The van der Waals surface area contributed by atoms with Crippen LogP contribution >= 0.6 is 0 Å². The van der Waals surface area contributed by atoms with E-state index in [1.54, 1.807) is 0 Å². The molecule has 1 N–H and O–H groups in total. The molecule has 0 aromatic rings. The fourth-order valence-electron chi connectivity index (χ4n) is 3.29. The average Bonchev–Trinajstić information content (AvgIpc) is 2.81. The minimum atomic E-state index is -0.597. The summed E-state index contributed by atoms with van der Waals surface area (Å²) >= 11 is 0. The highest BCUT2D eigenvalue weighted by atomic mass is 16.6. The van der Waals surface area contributed by atoms with Crippen molar-refractivity contribution in [2.75, 3.05) is 26.3 Å². The molecule has 0 heterocycles. The minimum Gasteiger partial charge on any atom is -0.464 e. The van der Waals surface area contributed by atoms with E-state index in [2.05, 4.69) is 25.7 Å². The number of nitrogens with one attached hydrogen (secondary N) is 1. The van der Waals surface area contributed by atoms with Gasteiger partial charge >= 0.3 is 17.9 Å². The standard InChI is InChI=1S/C26H47NO6/c1-4-7-9-11-13-15-17-25(29)31-20-19-27-21-23(22-32-24(28)6-3)33-26(30)18-16-14-12-10-8-5-2/h6,23,27H,3-5,7-22H2,1-2H3. The number of esters is 3. The Morgan fingerprint density at radius 3 is 1.91 bits per heavy atom. The monoisotopic (exact) mass is 469 g/mol. The second-order valence-corrected chi connectivity index (χ2v) is 8.41. The number of hydrogen-bond donors (Lipinski definition) is 1. The van der Waals surface area contributed by atoms with Gasteiger partial charge in [0.1, 0.15) is 19.3 Å². The Hall–Kier alpha value is -1.89. The number of unbranched alkanes of at least 4 members (excludes halogenated alkanes) is 10. The van der Waals surface area contributed by atoms with Crippen molar-refractivity contribution in [3.05, 3.63) is 12.7 Å². The van der Waals surface area contributed by atoms with Crippen molar-refractivity contribution in [2.45, 2.75) is 110 Å². The van der Waals surface area contributed by atoms with Crippen LogP contribution in [0.3, 0.4) is 0 Å². The molecule has 0 rings (SSSR count). The Morgan fingerprint density at radius 1 is 0.788 bits per heavy atom. The van der Waals surface area contributed by atoms with Crippen LogP contribution < -0.4 is 5.32 Å². The molecule has 192 valence electrons. The molecule has 0 spiro atoms. The minimum absolute atomic E-state index is 0.0437. The van der Waals surface area contributed by atoms with E-state index in [0.29, 0.717) is 25.9 Å². The van der Waals surface area contributed by atoms with Gasteiger partial charge in [-0.1, -0.05) is 84.6 Å². The highest BCUT2D eigenvalue weighted by Gasteiger charge is 2.16. The molecule has 33 heavy (non-hydrogen) atoms. The van der Waals surface area contributed by atoms with Gasteiger partial charge in [-0.2, -0.15) is 0 Å². The fourth-order valence-corrected chi connectivity index (χ4v) is 3.29. The number of carbonyl (C=O) groups is 3. The highest BCUT2D eigenvalue weighted by Crippen LogP contribution is 2.09. The summed E-state index contributed by atoms with van der Waals surface area (Å²) < 4.78 is 15.7. The van der Waals surface area contributed by atoms with Gasteiger partial charge in [-0.25, -0.2) is 4.79 Å². The molecule has 0 aromatic carbocycles. The van der Waals surface area contributed by atoms with Crippen LogP contribution in [-0.4, -0.2) is 50.3 Å². The molecule has 1 unspecified atom stereocenters. The van der Waals surface area contributed by atoms with E-state index in [-0.39, 0.29) is 25.2 Å². The first-order chi connectivity index (χ1) is 16.0. The van der Waals surface area contributed by atoms with E-state index >= 15 is 0 Å². The van der Waals surface area contributed by atoms with Crippen molar-refractivity contribution >= 4 is 17.9 Å². The Morgan fingerprint density at radius 2 is 1.33 bits per heavy atom. The van der Waals surface area contributed by atoms with Crippen LogP contribution in [0.1, 0.15) is 104 Å². The molecular formula is C26H47NO6. The third-order valence-corrected chi connectivity index (χ3v) is 5.26. The first kappa shape index (κ1) is 31.1. The summed E-state index contributed by atoms with van der Waals surface area (Å²) in [5.74, 6) is -1.04. The van der Waals surface area contributed by atoms with Crippen molar-refractivity contribution in [3.8, 4) is 0 Å².